The molecule has 2 N–H and O–H groups in total. The minimum Gasteiger partial charge on any atom is -0.373 e. The summed E-state index contributed by atoms with van der Waals surface area (Å²) in [6, 6.07) is 8.51. The average Bonchev–Trinajstić information content (AvgIpc) is 3.15. The number of para-hydroxylation sites is 1. The van der Waals surface area contributed by atoms with Gasteiger partial charge in [-0.2, -0.15) is 0 Å². The van der Waals surface area contributed by atoms with E-state index in [-0.39, 0.29) is 12.0 Å². The largest absolute Gasteiger partial charge is 0.373 e. The Labute approximate surface area is 136 Å². The molecule has 0 saturated carbocycles. The highest BCUT2D eigenvalue weighted by atomic mass is 16.5. The summed E-state index contributed by atoms with van der Waals surface area (Å²) in [5, 5.41) is 4.04. The molecule has 2 aromatic rings. The van der Waals surface area contributed by atoms with Crippen LogP contribution in [-0.2, 0) is 4.74 Å². The van der Waals surface area contributed by atoms with E-state index in [1.54, 1.807) is 0 Å². The summed E-state index contributed by atoms with van der Waals surface area (Å²) in [5.74, 6) is -0.0212. The number of amides is 1. The number of morpholine rings is 1. The molecule has 1 aromatic heterocycles. The van der Waals surface area contributed by atoms with E-state index < -0.39 is 0 Å². The molecule has 0 unspecified atom stereocenters. The monoisotopic (exact) mass is 313 g/mol. The minimum atomic E-state index is -0.0212. The highest BCUT2D eigenvalue weighted by Crippen LogP contribution is 2.23. The summed E-state index contributed by atoms with van der Waals surface area (Å²) < 4.78 is 5.91. The van der Waals surface area contributed by atoms with Crippen LogP contribution in [0.1, 0.15) is 28.9 Å². The predicted octanol–water partition coefficient (Wildman–Crippen LogP) is 2.07. The van der Waals surface area contributed by atoms with E-state index in [9.17, 15) is 4.79 Å². The van der Waals surface area contributed by atoms with Crippen molar-refractivity contribution in [3.05, 3.63) is 35.5 Å². The Morgan fingerprint density at radius 3 is 3.22 bits per heavy atom. The van der Waals surface area contributed by atoms with Crippen LogP contribution in [0.15, 0.2) is 24.3 Å². The zero-order valence-corrected chi connectivity index (χ0v) is 13.5. The Balaban J connectivity index is 1.42. The smallest absolute Gasteiger partial charge is 0.253 e. The first-order valence-corrected chi connectivity index (χ1v) is 8.43. The summed E-state index contributed by atoms with van der Waals surface area (Å²) in [6.07, 6.45) is 2.61. The molecule has 2 aliphatic heterocycles. The lowest BCUT2D eigenvalue weighted by Crippen LogP contribution is -2.50. The summed E-state index contributed by atoms with van der Waals surface area (Å²) in [4.78, 5) is 18.4. The average molecular weight is 313 g/mol. The number of benzene rings is 1. The standard InChI is InChI=1S/C18H23N3O2/c1-12-17(15-6-2-3-7-16(15)20-12)18(22)19-9-14-10-21-8-4-5-13(21)11-23-14/h2-3,6-7,13-14,20H,4-5,8-11H2,1H3,(H,19,22)/t13-,14+/m0/s1. The van der Waals surface area contributed by atoms with Crippen molar-refractivity contribution in [3.8, 4) is 0 Å². The summed E-state index contributed by atoms with van der Waals surface area (Å²) >= 11 is 0. The third-order valence-corrected chi connectivity index (χ3v) is 5.07. The molecule has 0 radical (unpaired) electrons. The molecule has 5 heteroatoms. The first-order valence-electron chi connectivity index (χ1n) is 8.43. The van der Waals surface area contributed by atoms with Gasteiger partial charge in [0.1, 0.15) is 0 Å². The second-order valence-electron chi connectivity index (χ2n) is 6.63. The Kier molecular flexibility index (Phi) is 3.83. The molecule has 0 spiro atoms. The van der Waals surface area contributed by atoms with Gasteiger partial charge in [-0.25, -0.2) is 0 Å². The Morgan fingerprint density at radius 1 is 1.43 bits per heavy atom. The number of ether oxygens (including phenoxy) is 1. The number of aryl methyl sites for hydroxylation is 1. The Hall–Kier alpha value is -1.85. The van der Waals surface area contributed by atoms with Gasteiger partial charge in [-0.05, 0) is 32.4 Å². The van der Waals surface area contributed by atoms with Gasteiger partial charge >= 0.3 is 0 Å². The van der Waals surface area contributed by atoms with Crippen molar-refractivity contribution in [2.24, 2.45) is 0 Å². The fourth-order valence-corrected chi connectivity index (χ4v) is 3.87. The number of aromatic amines is 1. The van der Waals surface area contributed by atoms with E-state index in [0.29, 0.717) is 12.6 Å². The number of hydrogen-bond acceptors (Lipinski definition) is 3. The van der Waals surface area contributed by atoms with Crippen LogP contribution in [-0.4, -0.2) is 54.2 Å². The van der Waals surface area contributed by atoms with Gasteiger partial charge in [0.05, 0.1) is 18.3 Å². The van der Waals surface area contributed by atoms with Crippen LogP contribution in [0, 0.1) is 6.92 Å². The lowest BCUT2D eigenvalue weighted by Gasteiger charge is -2.35. The van der Waals surface area contributed by atoms with E-state index in [1.807, 2.05) is 31.2 Å². The van der Waals surface area contributed by atoms with Crippen LogP contribution >= 0.6 is 0 Å². The molecule has 2 fully saturated rings. The van der Waals surface area contributed by atoms with Gasteiger partial charge in [0, 0.05) is 35.7 Å². The molecular weight excluding hydrogens is 290 g/mol. The molecule has 23 heavy (non-hydrogen) atoms. The quantitative estimate of drug-likeness (QED) is 0.912. The molecule has 5 nitrogen and oxygen atoms in total. The van der Waals surface area contributed by atoms with Crippen LogP contribution in [0.3, 0.4) is 0 Å². The second-order valence-corrected chi connectivity index (χ2v) is 6.63. The summed E-state index contributed by atoms with van der Waals surface area (Å²) in [6.45, 7) is 5.41. The molecule has 2 atom stereocenters. The number of rotatable bonds is 3. The maximum Gasteiger partial charge on any atom is 0.253 e. The SMILES string of the molecule is Cc1[nH]c2ccccc2c1C(=O)NC[C@@H]1CN2CCC[C@H]2CO1. The molecule has 2 saturated heterocycles. The van der Waals surface area contributed by atoms with Gasteiger partial charge in [-0.3, -0.25) is 9.69 Å². The van der Waals surface area contributed by atoms with E-state index in [4.69, 9.17) is 4.74 Å². The maximum atomic E-state index is 12.6. The van der Waals surface area contributed by atoms with Crippen LogP contribution in [0.2, 0.25) is 0 Å². The number of aromatic nitrogens is 1. The van der Waals surface area contributed by atoms with Crippen molar-refractivity contribution in [1.82, 2.24) is 15.2 Å². The van der Waals surface area contributed by atoms with E-state index >= 15 is 0 Å². The van der Waals surface area contributed by atoms with Crippen LogP contribution in [0.5, 0.6) is 0 Å². The lowest BCUT2D eigenvalue weighted by molar-refractivity contribution is -0.0461. The van der Waals surface area contributed by atoms with Crippen LogP contribution in [0.25, 0.3) is 10.9 Å². The number of H-pyrrole nitrogens is 1. The summed E-state index contributed by atoms with van der Waals surface area (Å²) in [7, 11) is 0. The van der Waals surface area contributed by atoms with Gasteiger partial charge in [0.2, 0.25) is 0 Å². The molecule has 4 rings (SSSR count). The Morgan fingerprint density at radius 2 is 2.30 bits per heavy atom. The molecule has 1 amide bonds. The zero-order valence-electron chi connectivity index (χ0n) is 13.5. The van der Waals surface area contributed by atoms with Crippen LogP contribution < -0.4 is 5.32 Å². The van der Waals surface area contributed by atoms with Gasteiger partial charge in [0.25, 0.3) is 5.91 Å². The molecule has 0 aliphatic carbocycles. The lowest BCUT2D eigenvalue weighted by atomic mass is 10.1. The van der Waals surface area contributed by atoms with Crippen molar-refractivity contribution in [3.63, 3.8) is 0 Å². The fraction of sp³-hybridized carbons (Fsp3) is 0.500. The molecule has 2 aliphatic rings. The second kappa shape index (κ2) is 5.98. The van der Waals surface area contributed by atoms with E-state index in [2.05, 4.69) is 15.2 Å². The number of fused-ring (bicyclic) bond motifs is 2. The van der Waals surface area contributed by atoms with Crippen molar-refractivity contribution in [2.45, 2.75) is 31.9 Å². The van der Waals surface area contributed by atoms with Gasteiger partial charge in [0.15, 0.2) is 0 Å². The van der Waals surface area contributed by atoms with E-state index in [0.717, 1.165) is 35.3 Å². The summed E-state index contributed by atoms with van der Waals surface area (Å²) in [5.41, 5.74) is 2.66. The van der Waals surface area contributed by atoms with Gasteiger partial charge < -0.3 is 15.0 Å². The molecular formula is C18H23N3O2. The highest BCUT2D eigenvalue weighted by Gasteiger charge is 2.32. The molecule has 0 bridgehead atoms. The minimum absolute atomic E-state index is 0.0212. The fourth-order valence-electron chi connectivity index (χ4n) is 3.87. The predicted molar refractivity (Wildman–Crippen MR) is 89.7 cm³/mol. The number of carbonyl (C=O) groups excluding carboxylic acids is 1. The third kappa shape index (κ3) is 2.75. The van der Waals surface area contributed by atoms with Gasteiger partial charge in [-0.1, -0.05) is 18.2 Å². The molecule has 3 heterocycles. The van der Waals surface area contributed by atoms with Crippen molar-refractivity contribution < 1.29 is 9.53 Å². The van der Waals surface area contributed by atoms with Crippen molar-refractivity contribution in [2.75, 3.05) is 26.2 Å². The molecule has 1 aromatic carbocycles. The number of hydrogen-bond donors (Lipinski definition) is 2. The third-order valence-electron chi connectivity index (χ3n) is 5.07. The number of nitrogens with one attached hydrogen (secondary N) is 2. The normalized spacial score (nSPS) is 24.7. The van der Waals surface area contributed by atoms with Gasteiger partial charge in [-0.15, -0.1) is 0 Å². The highest BCUT2D eigenvalue weighted by molar-refractivity contribution is 6.08. The number of carbonyl (C=O) groups is 1. The number of nitrogens with zero attached hydrogens (tertiary/aromatic N) is 1. The zero-order chi connectivity index (χ0) is 15.8. The van der Waals surface area contributed by atoms with Crippen LogP contribution in [0.4, 0.5) is 0 Å². The van der Waals surface area contributed by atoms with Crippen molar-refractivity contribution in [1.29, 1.82) is 0 Å². The first-order chi connectivity index (χ1) is 11.2. The molecule has 122 valence electrons. The first kappa shape index (κ1) is 14.7. The topological polar surface area (TPSA) is 57.4 Å². The Bertz CT molecular complexity index is 724. The maximum absolute atomic E-state index is 12.6. The van der Waals surface area contributed by atoms with E-state index in [1.165, 1.54) is 19.4 Å². The van der Waals surface area contributed by atoms with Crippen molar-refractivity contribution >= 4 is 16.8 Å².